The second-order valence-corrected chi connectivity index (χ2v) is 9.10. The van der Waals surface area contributed by atoms with Crippen LogP contribution < -0.4 is 5.43 Å². The van der Waals surface area contributed by atoms with E-state index >= 15 is 0 Å². The van der Waals surface area contributed by atoms with Crippen molar-refractivity contribution in [1.29, 1.82) is 0 Å². The molecule has 5 rings (SSSR count). The van der Waals surface area contributed by atoms with Crippen LogP contribution in [0.2, 0.25) is 10.0 Å². The minimum absolute atomic E-state index is 0.0935. The van der Waals surface area contributed by atoms with Gasteiger partial charge in [0.2, 0.25) is 0 Å². The molecule has 1 aromatic heterocycles. The predicted octanol–water partition coefficient (Wildman–Crippen LogP) is 6.93. The summed E-state index contributed by atoms with van der Waals surface area (Å²) in [5, 5.41) is 18.4. The van der Waals surface area contributed by atoms with E-state index in [2.05, 4.69) is 15.1 Å². The molecule has 1 heterocycles. The van der Waals surface area contributed by atoms with Crippen molar-refractivity contribution in [2.24, 2.45) is 5.10 Å². The van der Waals surface area contributed by atoms with Gasteiger partial charge in [0.25, 0.3) is 5.91 Å². The summed E-state index contributed by atoms with van der Waals surface area (Å²) < 4.78 is 2.16. The lowest BCUT2D eigenvalue weighted by atomic mass is 10.1. The molecule has 0 radical (unpaired) electrons. The van der Waals surface area contributed by atoms with E-state index in [1.54, 1.807) is 24.4 Å². The molecular weight excluding hydrogens is 481 g/mol. The summed E-state index contributed by atoms with van der Waals surface area (Å²) in [7, 11) is 0. The smallest absolute Gasteiger partial charge is 0.275 e. The summed E-state index contributed by atoms with van der Waals surface area (Å²) in [5.74, 6) is -0.581. The first-order valence-electron chi connectivity index (χ1n) is 11.0. The van der Waals surface area contributed by atoms with Crippen LogP contribution in [-0.2, 0) is 6.54 Å². The van der Waals surface area contributed by atoms with Gasteiger partial charge < -0.3 is 9.67 Å². The summed E-state index contributed by atoms with van der Waals surface area (Å²) in [6.07, 6.45) is 1.63. The standard InChI is InChI=1S/C28H21Cl2N3O2/c1-17-24(15-31-32-28(35)23-12-18-6-2-3-7-19(18)13-27(23)34)22-8-4-5-9-26(22)33(17)16-20-10-11-21(29)14-25(20)30/h2-15,34H,16H2,1H3,(H,32,35). The fraction of sp³-hybridized carbons (Fsp3) is 0.0714. The SMILES string of the molecule is Cc1c(C=NNC(=O)c2cc3ccccc3cc2O)c2ccccc2n1Cc1ccc(Cl)cc1Cl. The molecule has 0 bridgehead atoms. The normalized spacial score (nSPS) is 11.5. The van der Waals surface area contributed by atoms with Crippen molar-refractivity contribution in [2.75, 3.05) is 0 Å². The van der Waals surface area contributed by atoms with Gasteiger partial charge >= 0.3 is 0 Å². The summed E-state index contributed by atoms with van der Waals surface area (Å²) in [5.41, 5.74) is 6.54. The number of carbonyl (C=O) groups excluding carboxylic acids is 1. The highest BCUT2D eigenvalue weighted by molar-refractivity contribution is 6.35. The van der Waals surface area contributed by atoms with Gasteiger partial charge in [-0.05, 0) is 53.6 Å². The van der Waals surface area contributed by atoms with Crippen LogP contribution >= 0.6 is 23.2 Å². The van der Waals surface area contributed by atoms with Crippen molar-refractivity contribution >= 4 is 57.0 Å². The van der Waals surface area contributed by atoms with Crippen LogP contribution in [-0.4, -0.2) is 21.8 Å². The molecule has 1 amide bonds. The predicted molar refractivity (Wildman–Crippen MR) is 143 cm³/mol. The molecule has 2 N–H and O–H groups in total. The number of benzene rings is 4. The van der Waals surface area contributed by atoms with Gasteiger partial charge in [0, 0.05) is 38.8 Å². The number of para-hydroxylation sites is 1. The van der Waals surface area contributed by atoms with Gasteiger partial charge in [0.05, 0.1) is 11.8 Å². The molecule has 0 saturated carbocycles. The Hall–Kier alpha value is -3.80. The molecule has 0 saturated heterocycles. The van der Waals surface area contributed by atoms with Crippen molar-refractivity contribution in [3.05, 3.63) is 111 Å². The molecule has 0 aliphatic rings. The van der Waals surface area contributed by atoms with Crippen LogP contribution in [0.4, 0.5) is 0 Å². The maximum absolute atomic E-state index is 12.7. The number of hydrazone groups is 1. The van der Waals surface area contributed by atoms with Crippen molar-refractivity contribution in [3.8, 4) is 5.75 Å². The number of aromatic nitrogens is 1. The maximum atomic E-state index is 12.7. The van der Waals surface area contributed by atoms with Gasteiger partial charge in [0.15, 0.2) is 0 Å². The van der Waals surface area contributed by atoms with Crippen molar-refractivity contribution < 1.29 is 9.90 Å². The zero-order valence-corrected chi connectivity index (χ0v) is 20.3. The number of nitrogens with one attached hydrogen (secondary N) is 1. The topological polar surface area (TPSA) is 66.6 Å². The number of carbonyl (C=O) groups is 1. The van der Waals surface area contributed by atoms with Gasteiger partial charge in [-0.1, -0.05) is 71.7 Å². The lowest BCUT2D eigenvalue weighted by Gasteiger charge is -2.10. The van der Waals surface area contributed by atoms with Crippen LogP contribution in [0.15, 0.2) is 84.0 Å². The van der Waals surface area contributed by atoms with Gasteiger partial charge in [0.1, 0.15) is 5.75 Å². The highest BCUT2D eigenvalue weighted by Gasteiger charge is 2.15. The Morgan fingerprint density at radius 2 is 1.71 bits per heavy atom. The second kappa shape index (κ2) is 9.45. The highest BCUT2D eigenvalue weighted by atomic mass is 35.5. The minimum Gasteiger partial charge on any atom is -0.507 e. The number of nitrogens with zero attached hydrogens (tertiary/aromatic N) is 2. The largest absolute Gasteiger partial charge is 0.507 e. The number of amides is 1. The van der Waals surface area contributed by atoms with E-state index in [1.165, 1.54) is 0 Å². The zero-order valence-electron chi connectivity index (χ0n) is 18.8. The molecular formula is C28H21Cl2N3O2. The summed E-state index contributed by atoms with van der Waals surface area (Å²) in [6, 6.07) is 24.2. The quantitative estimate of drug-likeness (QED) is 0.202. The number of hydrogen-bond acceptors (Lipinski definition) is 3. The van der Waals surface area contributed by atoms with Gasteiger partial charge in [-0.3, -0.25) is 4.79 Å². The monoisotopic (exact) mass is 501 g/mol. The van der Waals surface area contributed by atoms with Crippen molar-refractivity contribution in [3.63, 3.8) is 0 Å². The third-order valence-corrected chi connectivity index (χ3v) is 6.68. The lowest BCUT2D eigenvalue weighted by Crippen LogP contribution is -2.17. The van der Waals surface area contributed by atoms with Crippen LogP contribution in [0.25, 0.3) is 21.7 Å². The first-order valence-corrected chi connectivity index (χ1v) is 11.7. The zero-order chi connectivity index (χ0) is 24.5. The number of phenolic OH excluding ortho intramolecular Hbond substituents is 1. The third kappa shape index (κ3) is 4.48. The molecule has 0 fully saturated rings. The fourth-order valence-corrected chi connectivity index (χ4v) is 4.74. The van der Waals surface area contributed by atoms with Crippen molar-refractivity contribution in [1.82, 2.24) is 9.99 Å². The summed E-state index contributed by atoms with van der Waals surface area (Å²) in [6.45, 7) is 2.57. The van der Waals surface area contributed by atoms with E-state index in [0.717, 1.165) is 38.5 Å². The number of phenols is 1. The molecule has 35 heavy (non-hydrogen) atoms. The average Bonchev–Trinajstić information content (AvgIpc) is 3.11. The fourth-order valence-electron chi connectivity index (χ4n) is 4.27. The number of fused-ring (bicyclic) bond motifs is 2. The molecule has 0 aliphatic heterocycles. The Morgan fingerprint density at radius 3 is 2.49 bits per heavy atom. The van der Waals surface area contributed by atoms with E-state index in [-0.39, 0.29) is 11.3 Å². The Morgan fingerprint density at radius 1 is 1.00 bits per heavy atom. The molecule has 174 valence electrons. The maximum Gasteiger partial charge on any atom is 0.275 e. The van der Waals surface area contributed by atoms with Crippen molar-refractivity contribution in [2.45, 2.75) is 13.5 Å². The highest BCUT2D eigenvalue weighted by Crippen LogP contribution is 2.29. The molecule has 5 nitrogen and oxygen atoms in total. The van der Waals surface area contributed by atoms with Crippen LogP contribution in [0, 0.1) is 6.92 Å². The molecule has 0 unspecified atom stereocenters. The minimum atomic E-state index is -0.487. The molecule has 0 atom stereocenters. The van der Waals surface area contributed by atoms with Gasteiger partial charge in [-0.25, -0.2) is 5.43 Å². The Balaban J connectivity index is 1.44. The Kier molecular flexibility index (Phi) is 6.20. The van der Waals surface area contributed by atoms with E-state index in [1.807, 2.05) is 67.6 Å². The summed E-state index contributed by atoms with van der Waals surface area (Å²) in [4.78, 5) is 12.7. The number of rotatable bonds is 5. The van der Waals surface area contributed by atoms with E-state index in [0.29, 0.717) is 16.6 Å². The molecule has 5 aromatic rings. The molecule has 0 aliphatic carbocycles. The van der Waals surface area contributed by atoms with Crippen LogP contribution in [0.3, 0.4) is 0 Å². The van der Waals surface area contributed by atoms with Crippen LogP contribution in [0.5, 0.6) is 5.75 Å². The number of halogens is 2. The van der Waals surface area contributed by atoms with Gasteiger partial charge in [-0.15, -0.1) is 0 Å². The molecule has 0 spiro atoms. The first-order chi connectivity index (χ1) is 16.9. The molecule has 4 aromatic carbocycles. The Bertz CT molecular complexity index is 1620. The first kappa shape index (κ1) is 23.0. The summed E-state index contributed by atoms with van der Waals surface area (Å²) >= 11 is 12.5. The van der Waals surface area contributed by atoms with E-state index in [4.69, 9.17) is 23.2 Å². The van der Waals surface area contributed by atoms with E-state index < -0.39 is 5.91 Å². The Labute approximate surface area is 212 Å². The second-order valence-electron chi connectivity index (χ2n) is 8.25. The lowest BCUT2D eigenvalue weighted by molar-refractivity contribution is 0.0952. The third-order valence-electron chi connectivity index (χ3n) is 6.09. The number of aromatic hydroxyl groups is 1. The van der Waals surface area contributed by atoms with E-state index in [9.17, 15) is 9.90 Å². The van der Waals surface area contributed by atoms with Gasteiger partial charge in [-0.2, -0.15) is 5.10 Å². The van der Waals surface area contributed by atoms with Crippen LogP contribution in [0.1, 0.15) is 27.2 Å². The molecule has 7 heteroatoms. The number of hydrogen-bond donors (Lipinski definition) is 2. The average molecular weight is 502 g/mol.